The highest BCUT2D eigenvalue weighted by Crippen LogP contribution is 2.20. The van der Waals surface area contributed by atoms with Crippen LogP contribution in [0.2, 0.25) is 0 Å². The minimum atomic E-state index is -3.60. The van der Waals surface area contributed by atoms with Gasteiger partial charge in [0.05, 0.1) is 28.7 Å². The summed E-state index contributed by atoms with van der Waals surface area (Å²) < 4.78 is 43.7. The Balaban J connectivity index is 2.30. The van der Waals surface area contributed by atoms with Crippen molar-refractivity contribution in [2.24, 2.45) is 0 Å². The van der Waals surface area contributed by atoms with Crippen molar-refractivity contribution in [3.8, 4) is 0 Å². The molecule has 2 rings (SSSR count). The number of halogens is 1. The number of nitrogens with zero attached hydrogens (tertiary/aromatic N) is 1. The highest BCUT2D eigenvalue weighted by molar-refractivity contribution is 7.91. The third kappa shape index (κ3) is 5.01. The Bertz CT molecular complexity index is 773. The minimum Gasteiger partial charge on any atom is -0.481 e. The lowest BCUT2D eigenvalue weighted by Crippen LogP contribution is -2.39. The van der Waals surface area contributed by atoms with Gasteiger partial charge >= 0.3 is 5.97 Å². The number of benzene rings is 1. The summed E-state index contributed by atoms with van der Waals surface area (Å²) >= 11 is 0. The van der Waals surface area contributed by atoms with Gasteiger partial charge in [-0.15, -0.1) is 0 Å². The third-order valence-corrected chi connectivity index (χ3v) is 5.97. The van der Waals surface area contributed by atoms with E-state index < -0.39 is 27.5 Å². The molecule has 0 aliphatic carbocycles. The summed E-state index contributed by atoms with van der Waals surface area (Å²) in [6.45, 7) is 2.04. The lowest BCUT2D eigenvalue weighted by Gasteiger charge is -2.25. The van der Waals surface area contributed by atoms with Crippen molar-refractivity contribution in [3.05, 3.63) is 29.6 Å². The summed E-state index contributed by atoms with van der Waals surface area (Å²) in [7, 11) is -3.60. The second-order valence-electron chi connectivity index (χ2n) is 6.08. The van der Waals surface area contributed by atoms with Gasteiger partial charge in [0.1, 0.15) is 5.82 Å². The molecule has 0 saturated carbocycles. The average Bonchev–Trinajstić information content (AvgIpc) is 3.11. The molecule has 1 aliphatic rings. The Labute approximate surface area is 151 Å². The van der Waals surface area contributed by atoms with E-state index >= 15 is 0 Å². The zero-order chi connectivity index (χ0) is 19.3. The van der Waals surface area contributed by atoms with E-state index in [-0.39, 0.29) is 41.8 Å². The van der Waals surface area contributed by atoms with Crippen molar-refractivity contribution in [2.75, 3.05) is 25.4 Å². The van der Waals surface area contributed by atoms with Gasteiger partial charge in [0.25, 0.3) is 5.91 Å². The fourth-order valence-corrected chi connectivity index (χ4v) is 3.65. The number of aliphatic carboxylic acids is 1. The summed E-state index contributed by atoms with van der Waals surface area (Å²) in [5.74, 6) is -2.85. The number of rotatable bonds is 8. The highest BCUT2D eigenvalue weighted by atomic mass is 32.2. The number of carboxylic acid groups (broad SMARTS) is 1. The minimum absolute atomic E-state index is 0.113. The molecular formula is C17H22FNO6S. The van der Waals surface area contributed by atoms with E-state index in [1.165, 1.54) is 11.8 Å². The van der Waals surface area contributed by atoms with Gasteiger partial charge in [0, 0.05) is 19.7 Å². The monoisotopic (exact) mass is 387 g/mol. The fraction of sp³-hybridized carbons (Fsp3) is 0.529. The van der Waals surface area contributed by atoms with E-state index in [2.05, 4.69) is 0 Å². The number of ether oxygens (including phenoxy) is 1. The van der Waals surface area contributed by atoms with Crippen LogP contribution in [0.5, 0.6) is 0 Å². The van der Waals surface area contributed by atoms with Crippen LogP contribution in [0.1, 0.15) is 36.5 Å². The van der Waals surface area contributed by atoms with Gasteiger partial charge in [-0.2, -0.15) is 0 Å². The van der Waals surface area contributed by atoms with Crippen LogP contribution >= 0.6 is 0 Å². The van der Waals surface area contributed by atoms with Gasteiger partial charge in [0.2, 0.25) is 0 Å². The lowest BCUT2D eigenvalue weighted by atomic mass is 10.1. The zero-order valence-corrected chi connectivity index (χ0v) is 15.3. The summed E-state index contributed by atoms with van der Waals surface area (Å²) in [6, 6.07) is 3.07. The van der Waals surface area contributed by atoms with Gasteiger partial charge < -0.3 is 14.7 Å². The molecule has 1 aromatic rings. The van der Waals surface area contributed by atoms with E-state index in [0.29, 0.717) is 6.61 Å². The summed E-state index contributed by atoms with van der Waals surface area (Å²) in [5, 5.41) is 8.89. The van der Waals surface area contributed by atoms with Gasteiger partial charge in [-0.05, 0) is 31.0 Å². The van der Waals surface area contributed by atoms with Crippen molar-refractivity contribution in [2.45, 2.75) is 37.2 Å². The van der Waals surface area contributed by atoms with Crippen molar-refractivity contribution in [1.82, 2.24) is 4.90 Å². The molecule has 1 fully saturated rings. The number of hydrogen-bond donors (Lipinski definition) is 1. The molecule has 7 nitrogen and oxygen atoms in total. The lowest BCUT2D eigenvalue weighted by molar-refractivity contribution is -0.137. The van der Waals surface area contributed by atoms with E-state index in [1.807, 2.05) is 0 Å². The number of amides is 1. The third-order valence-electron chi connectivity index (χ3n) is 4.24. The Hall–Kier alpha value is -2.00. The molecule has 144 valence electrons. The molecule has 1 amide bonds. The molecule has 26 heavy (non-hydrogen) atoms. The zero-order valence-electron chi connectivity index (χ0n) is 14.5. The molecule has 0 spiro atoms. The second kappa shape index (κ2) is 8.59. The number of carbonyl (C=O) groups is 2. The first-order valence-electron chi connectivity index (χ1n) is 8.39. The smallest absolute Gasteiger partial charge is 0.305 e. The van der Waals surface area contributed by atoms with Gasteiger partial charge in [-0.25, -0.2) is 12.8 Å². The Morgan fingerprint density at radius 1 is 1.38 bits per heavy atom. The molecule has 0 bridgehead atoms. The Morgan fingerprint density at radius 3 is 2.69 bits per heavy atom. The molecule has 0 unspecified atom stereocenters. The maximum atomic E-state index is 14.2. The number of carboxylic acids is 1. The molecule has 9 heteroatoms. The summed E-state index contributed by atoms with van der Waals surface area (Å²) in [5.41, 5.74) is -0.386. The van der Waals surface area contributed by atoms with Crippen molar-refractivity contribution < 1.29 is 32.2 Å². The fourth-order valence-electron chi connectivity index (χ4n) is 2.74. The maximum Gasteiger partial charge on any atom is 0.305 e. The molecule has 1 aliphatic heterocycles. The Kier molecular flexibility index (Phi) is 6.71. The van der Waals surface area contributed by atoms with Crippen molar-refractivity contribution in [1.29, 1.82) is 0 Å². The van der Waals surface area contributed by atoms with Gasteiger partial charge in [-0.1, -0.05) is 6.92 Å². The van der Waals surface area contributed by atoms with E-state index in [4.69, 9.17) is 9.84 Å². The van der Waals surface area contributed by atoms with Crippen molar-refractivity contribution >= 4 is 21.7 Å². The summed E-state index contributed by atoms with van der Waals surface area (Å²) in [6.07, 6.45) is 1.03. The van der Waals surface area contributed by atoms with Crippen LogP contribution < -0.4 is 0 Å². The topological polar surface area (TPSA) is 101 Å². The van der Waals surface area contributed by atoms with Crippen LogP contribution in [-0.2, 0) is 19.4 Å². The first-order chi connectivity index (χ1) is 12.2. The molecule has 1 heterocycles. The van der Waals surface area contributed by atoms with Gasteiger partial charge in [0.15, 0.2) is 9.84 Å². The van der Waals surface area contributed by atoms with E-state index in [1.54, 1.807) is 0 Å². The molecule has 1 atom stereocenters. The maximum absolute atomic E-state index is 14.2. The number of hydrogen-bond acceptors (Lipinski definition) is 5. The molecule has 0 radical (unpaired) electrons. The molecule has 1 saturated heterocycles. The van der Waals surface area contributed by atoms with Crippen LogP contribution in [0, 0.1) is 5.82 Å². The standard InChI is InChI=1S/C17H22FNO6S/c1-2-26(23,24)13-5-6-15(18)14(10-13)17(22)19(8-7-16(20)21)11-12-4-3-9-25-12/h5-6,10,12H,2-4,7-9,11H2,1H3,(H,20,21)/t12-/m0/s1. The van der Waals surface area contributed by atoms with Crippen LogP contribution in [0.25, 0.3) is 0 Å². The first kappa shape index (κ1) is 20.3. The number of carbonyl (C=O) groups excluding carboxylic acids is 1. The van der Waals surface area contributed by atoms with Crippen LogP contribution in [0.15, 0.2) is 23.1 Å². The number of sulfone groups is 1. The second-order valence-corrected chi connectivity index (χ2v) is 8.35. The molecular weight excluding hydrogens is 365 g/mol. The van der Waals surface area contributed by atoms with Crippen molar-refractivity contribution in [3.63, 3.8) is 0 Å². The summed E-state index contributed by atoms with van der Waals surface area (Å²) in [4.78, 5) is 24.7. The SMILES string of the molecule is CCS(=O)(=O)c1ccc(F)c(C(=O)N(CCC(=O)O)C[C@@H]2CCCO2)c1. The van der Waals surface area contributed by atoms with Gasteiger partial charge in [-0.3, -0.25) is 9.59 Å². The molecule has 1 N–H and O–H groups in total. The van der Waals surface area contributed by atoms with Crippen LogP contribution in [0.4, 0.5) is 4.39 Å². The quantitative estimate of drug-likeness (QED) is 0.682. The predicted molar refractivity (Wildman–Crippen MR) is 91.3 cm³/mol. The molecule has 1 aromatic carbocycles. The average molecular weight is 387 g/mol. The van der Waals surface area contributed by atoms with Crippen LogP contribution in [0.3, 0.4) is 0 Å². The van der Waals surface area contributed by atoms with Crippen LogP contribution in [-0.4, -0.2) is 61.9 Å². The highest BCUT2D eigenvalue weighted by Gasteiger charge is 2.26. The molecule has 0 aromatic heterocycles. The van der Waals surface area contributed by atoms with E-state index in [9.17, 15) is 22.4 Å². The predicted octanol–water partition coefficient (Wildman–Crippen LogP) is 1.72. The normalized spacial score (nSPS) is 17.2. The van der Waals surface area contributed by atoms with E-state index in [0.717, 1.165) is 31.0 Å². The largest absolute Gasteiger partial charge is 0.481 e. The first-order valence-corrected chi connectivity index (χ1v) is 10.0. The Morgan fingerprint density at radius 2 is 2.12 bits per heavy atom.